The van der Waals surface area contributed by atoms with Gasteiger partial charge in [-0.05, 0) is 39.0 Å². The number of nitrogens with zero attached hydrogens (tertiary/aromatic N) is 1. The Morgan fingerprint density at radius 3 is 2.68 bits per heavy atom. The van der Waals surface area contributed by atoms with Crippen LogP contribution in [0.1, 0.15) is 27.7 Å². The molecule has 1 aromatic carbocycles. The van der Waals surface area contributed by atoms with Gasteiger partial charge in [-0.15, -0.1) is 11.3 Å². The zero-order valence-corrected chi connectivity index (χ0v) is 14.7. The number of fused-ring (bicyclic) bond motifs is 1. The van der Waals surface area contributed by atoms with Gasteiger partial charge in [-0.25, -0.2) is 4.98 Å². The highest BCUT2D eigenvalue weighted by Crippen LogP contribution is 2.31. The molecule has 0 atom stereocenters. The molecule has 1 aromatic heterocycles. The van der Waals surface area contributed by atoms with E-state index >= 15 is 0 Å². The van der Waals surface area contributed by atoms with Crippen LogP contribution < -0.4 is 10.6 Å². The number of thiazole rings is 1. The zero-order chi connectivity index (χ0) is 16.3. The molecule has 0 saturated carbocycles. The van der Waals surface area contributed by atoms with Crippen molar-refractivity contribution < 1.29 is 9.59 Å². The number of anilines is 1. The van der Waals surface area contributed by atoms with E-state index in [9.17, 15) is 9.59 Å². The minimum atomic E-state index is -0.224. The number of rotatable bonds is 4. The smallest absolute Gasteiger partial charge is 0.230 e. The molecule has 0 fully saturated rings. The maximum atomic E-state index is 11.8. The van der Waals surface area contributed by atoms with Crippen molar-refractivity contribution in [1.82, 2.24) is 10.3 Å². The van der Waals surface area contributed by atoms with Crippen molar-refractivity contribution in [2.45, 2.75) is 37.6 Å². The van der Waals surface area contributed by atoms with Gasteiger partial charge in [0, 0.05) is 18.2 Å². The van der Waals surface area contributed by atoms with E-state index in [1.807, 2.05) is 39.0 Å². The number of hydrogen-bond donors (Lipinski definition) is 2. The van der Waals surface area contributed by atoms with Crippen molar-refractivity contribution in [3.8, 4) is 0 Å². The Bertz CT molecular complexity index is 704. The molecule has 0 bridgehead atoms. The molecule has 2 rings (SSSR count). The van der Waals surface area contributed by atoms with Crippen LogP contribution in [0.2, 0.25) is 0 Å². The Labute approximate surface area is 137 Å². The summed E-state index contributed by atoms with van der Waals surface area (Å²) >= 11 is 2.94. The Balaban J connectivity index is 2.03. The second-order valence-corrected chi connectivity index (χ2v) is 8.18. The van der Waals surface area contributed by atoms with Gasteiger partial charge in [0.1, 0.15) is 0 Å². The van der Waals surface area contributed by atoms with Crippen LogP contribution in [0.25, 0.3) is 10.2 Å². The first-order valence-corrected chi connectivity index (χ1v) is 8.65. The van der Waals surface area contributed by atoms with Crippen LogP contribution in [0, 0.1) is 0 Å². The molecule has 0 aliphatic rings. The van der Waals surface area contributed by atoms with Crippen molar-refractivity contribution in [2.24, 2.45) is 0 Å². The van der Waals surface area contributed by atoms with Crippen LogP contribution in [-0.2, 0) is 9.59 Å². The van der Waals surface area contributed by atoms with Crippen LogP contribution in [0.15, 0.2) is 22.5 Å². The number of carbonyl (C=O) groups excluding carboxylic acids is 2. The Morgan fingerprint density at radius 2 is 2.05 bits per heavy atom. The highest BCUT2D eigenvalue weighted by molar-refractivity contribution is 8.01. The number of amides is 2. The van der Waals surface area contributed by atoms with Crippen molar-refractivity contribution in [2.75, 3.05) is 11.1 Å². The molecule has 1 heterocycles. The predicted molar refractivity (Wildman–Crippen MR) is 92.5 cm³/mol. The first kappa shape index (κ1) is 16.8. The minimum Gasteiger partial charge on any atom is -0.351 e. The van der Waals surface area contributed by atoms with E-state index in [0.29, 0.717) is 5.75 Å². The number of benzene rings is 1. The molecular weight excluding hydrogens is 318 g/mol. The van der Waals surface area contributed by atoms with Crippen molar-refractivity contribution in [1.29, 1.82) is 0 Å². The second kappa shape index (κ2) is 6.66. The molecule has 0 aliphatic carbocycles. The summed E-state index contributed by atoms with van der Waals surface area (Å²) in [5.41, 5.74) is 1.40. The monoisotopic (exact) mass is 337 g/mol. The fraction of sp³-hybridized carbons (Fsp3) is 0.400. The molecule has 2 amide bonds. The third kappa shape index (κ3) is 4.99. The van der Waals surface area contributed by atoms with E-state index in [1.165, 1.54) is 30.0 Å². The molecule has 2 aromatic rings. The largest absolute Gasteiger partial charge is 0.351 e. The lowest BCUT2D eigenvalue weighted by molar-refractivity contribution is -0.120. The number of aromatic nitrogens is 1. The van der Waals surface area contributed by atoms with Gasteiger partial charge in [-0.1, -0.05) is 11.8 Å². The molecule has 0 unspecified atom stereocenters. The van der Waals surface area contributed by atoms with Gasteiger partial charge in [0.15, 0.2) is 4.34 Å². The molecule has 0 radical (unpaired) electrons. The van der Waals surface area contributed by atoms with Crippen LogP contribution in [0.3, 0.4) is 0 Å². The average molecular weight is 337 g/mol. The zero-order valence-electron chi connectivity index (χ0n) is 13.0. The lowest BCUT2D eigenvalue weighted by Crippen LogP contribution is -2.41. The van der Waals surface area contributed by atoms with Crippen molar-refractivity contribution in [3.05, 3.63) is 18.2 Å². The van der Waals surface area contributed by atoms with Crippen LogP contribution >= 0.6 is 23.1 Å². The van der Waals surface area contributed by atoms with Crippen molar-refractivity contribution >= 4 is 50.8 Å². The first-order valence-electron chi connectivity index (χ1n) is 6.85. The van der Waals surface area contributed by atoms with Crippen molar-refractivity contribution in [3.63, 3.8) is 0 Å². The Morgan fingerprint density at radius 1 is 1.32 bits per heavy atom. The lowest BCUT2D eigenvalue weighted by Gasteiger charge is -2.19. The average Bonchev–Trinajstić information content (AvgIpc) is 2.75. The Hall–Kier alpha value is -1.60. The fourth-order valence-corrected chi connectivity index (χ4v) is 3.74. The molecule has 7 heteroatoms. The lowest BCUT2D eigenvalue weighted by atomic mass is 10.1. The van der Waals surface area contributed by atoms with Gasteiger partial charge < -0.3 is 10.6 Å². The third-order valence-corrected chi connectivity index (χ3v) is 4.69. The van der Waals surface area contributed by atoms with Gasteiger partial charge in [0.25, 0.3) is 0 Å². The highest BCUT2D eigenvalue weighted by Gasteiger charge is 2.14. The standard InChI is InChI=1S/C15H19N3O2S2/c1-9(19)16-10-5-6-11-12(7-10)22-14(17-11)21-8-13(20)18-15(2,3)4/h5-7H,8H2,1-4H3,(H,16,19)(H,18,20). The summed E-state index contributed by atoms with van der Waals surface area (Å²) in [6, 6.07) is 5.59. The number of thioether (sulfide) groups is 1. The second-order valence-electron chi connectivity index (χ2n) is 5.93. The van der Waals surface area contributed by atoms with Gasteiger partial charge in [-0.3, -0.25) is 9.59 Å². The summed E-state index contributed by atoms with van der Waals surface area (Å²) in [7, 11) is 0. The van der Waals surface area contributed by atoms with E-state index in [-0.39, 0.29) is 17.4 Å². The summed E-state index contributed by atoms with van der Waals surface area (Å²) in [5, 5.41) is 5.67. The summed E-state index contributed by atoms with van der Waals surface area (Å²) < 4.78 is 1.84. The van der Waals surface area contributed by atoms with E-state index in [4.69, 9.17) is 0 Å². The van der Waals surface area contributed by atoms with Crippen LogP contribution in [0.4, 0.5) is 5.69 Å². The SMILES string of the molecule is CC(=O)Nc1ccc2nc(SCC(=O)NC(C)(C)C)sc2c1. The quantitative estimate of drug-likeness (QED) is 0.840. The first-order chi connectivity index (χ1) is 10.2. The Kier molecular flexibility index (Phi) is 5.08. The van der Waals surface area contributed by atoms with Gasteiger partial charge in [-0.2, -0.15) is 0 Å². The van der Waals surface area contributed by atoms with Crippen LogP contribution in [0.5, 0.6) is 0 Å². The molecule has 2 N–H and O–H groups in total. The van der Waals surface area contributed by atoms with E-state index < -0.39 is 0 Å². The highest BCUT2D eigenvalue weighted by atomic mass is 32.2. The number of nitrogens with one attached hydrogen (secondary N) is 2. The summed E-state index contributed by atoms with van der Waals surface area (Å²) in [4.78, 5) is 27.4. The molecule has 22 heavy (non-hydrogen) atoms. The normalized spacial score (nSPS) is 11.5. The molecular formula is C15H19N3O2S2. The maximum Gasteiger partial charge on any atom is 0.230 e. The summed E-state index contributed by atoms with van der Waals surface area (Å²) in [6.45, 7) is 7.34. The maximum absolute atomic E-state index is 11.8. The van der Waals surface area contributed by atoms with Gasteiger partial charge in [0.2, 0.25) is 11.8 Å². The number of carbonyl (C=O) groups is 2. The summed E-state index contributed by atoms with van der Waals surface area (Å²) in [6.07, 6.45) is 0. The topological polar surface area (TPSA) is 71.1 Å². The van der Waals surface area contributed by atoms with Gasteiger partial charge >= 0.3 is 0 Å². The minimum absolute atomic E-state index is 0.00399. The van der Waals surface area contributed by atoms with Crippen LogP contribution in [-0.4, -0.2) is 28.1 Å². The third-order valence-electron chi connectivity index (χ3n) is 2.53. The molecule has 118 valence electrons. The van der Waals surface area contributed by atoms with E-state index in [0.717, 1.165) is 20.2 Å². The predicted octanol–water partition coefficient (Wildman–Crippen LogP) is 3.26. The molecule has 0 saturated heterocycles. The molecule has 0 spiro atoms. The van der Waals surface area contributed by atoms with E-state index in [1.54, 1.807) is 0 Å². The summed E-state index contributed by atoms with van der Waals surface area (Å²) in [5.74, 6) is 0.239. The van der Waals surface area contributed by atoms with E-state index in [2.05, 4.69) is 15.6 Å². The molecule has 0 aliphatic heterocycles. The van der Waals surface area contributed by atoms with Gasteiger partial charge in [0.05, 0.1) is 16.0 Å². The number of hydrogen-bond acceptors (Lipinski definition) is 5. The fourth-order valence-electron chi connectivity index (χ4n) is 1.83. The molecule has 5 nitrogen and oxygen atoms in total.